The van der Waals surface area contributed by atoms with Gasteiger partial charge in [-0.05, 0) is 18.2 Å². The average molecular weight is 234 g/mol. The number of fused-ring (bicyclic) bond motifs is 1. The van der Waals surface area contributed by atoms with Crippen LogP contribution in [0.4, 0.5) is 0 Å². The van der Waals surface area contributed by atoms with Crippen LogP contribution in [0.5, 0.6) is 0 Å². The van der Waals surface area contributed by atoms with Crippen LogP contribution in [0.15, 0.2) is 33.5 Å². The lowest BCUT2D eigenvalue weighted by Gasteiger charge is -2.00. The Bertz CT molecular complexity index is 677. The second kappa shape index (κ2) is 3.75. The van der Waals surface area contributed by atoms with Crippen LogP contribution in [0.1, 0.15) is 20.9 Å². The summed E-state index contributed by atoms with van der Waals surface area (Å²) in [6.07, 6.45) is 0. The molecule has 1 aromatic carbocycles. The zero-order valence-electron chi connectivity index (χ0n) is 8.34. The number of aromatic carboxylic acids is 2. The van der Waals surface area contributed by atoms with Crippen LogP contribution in [-0.2, 0) is 0 Å². The van der Waals surface area contributed by atoms with Crippen molar-refractivity contribution in [3.8, 4) is 0 Å². The molecule has 0 atom stereocenters. The van der Waals surface area contributed by atoms with E-state index in [1.165, 1.54) is 12.1 Å². The van der Waals surface area contributed by atoms with Crippen molar-refractivity contribution >= 4 is 22.9 Å². The minimum atomic E-state index is -1.38. The van der Waals surface area contributed by atoms with E-state index < -0.39 is 23.1 Å². The highest BCUT2D eigenvalue weighted by atomic mass is 16.4. The van der Waals surface area contributed by atoms with E-state index in [0.29, 0.717) is 0 Å². The smallest absolute Gasteiger partial charge is 0.371 e. The minimum absolute atomic E-state index is 0.0604. The lowest BCUT2D eigenvalue weighted by molar-refractivity contribution is 0.0661. The summed E-state index contributed by atoms with van der Waals surface area (Å²) in [6.45, 7) is 0. The van der Waals surface area contributed by atoms with E-state index in [1.807, 2.05) is 0 Å². The molecular weight excluding hydrogens is 228 g/mol. The van der Waals surface area contributed by atoms with E-state index in [9.17, 15) is 14.4 Å². The first-order chi connectivity index (χ1) is 7.99. The van der Waals surface area contributed by atoms with Crippen molar-refractivity contribution in [2.24, 2.45) is 0 Å². The molecule has 17 heavy (non-hydrogen) atoms. The van der Waals surface area contributed by atoms with E-state index in [0.717, 1.165) is 12.1 Å². The lowest BCUT2D eigenvalue weighted by Crippen LogP contribution is -2.07. The third-order valence-electron chi connectivity index (χ3n) is 2.19. The summed E-state index contributed by atoms with van der Waals surface area (Å²) < 4.78 is 4.93. The SMILES string of the molecule is O=C(O)c1ccc2c(=O)cc(C(=O)O)oc2c1. The Morgan fingerprint density at radius 1 is 1.06 bits per heavy atom. The Hall–Kier alpha value is -2.63. The summed E-state index contributed by atoms with van der Waals surface area (Å²) in [5, 5.41) is 17.6. The monoisotopic (exact) mass is 234 g/mol. The quantitative estimate of drug-likeness (QED) is 0.808. The molecule has 0 saturated heterocycles. The molecule has 6 heteroatoms. The lowest BCUT2D eigenvalue weighted by atomic mass is 10.1. The van der Waals surface area contributed by atoms with Crippen molar-refractivity contribution in [2.75, 3.05) is 0 Å². The first-order valence-electron chi connectivity index (χ1n) is 4.53. The summed E-state index contributed by atoms with van der Waals surface area (Å²) >= 11 is 0. The van der Waals surface area contributed by atoms with Gasteiger partial charge in [0.25, 0.3) is 0 Å². The minimum Gasteiger partial charge on any atom is -0.478 e. The van der Waals surface area contributed by atoms with E-state index in [4.69, 9.17) is 14.6 Å². The molecule has 0 bridgehead atoms. The van der Waals surface area contributed by atoms with Gasteiger partial charge >= 0.3 is 11.9 Å². The number of benzene rings is 1. The van der Waals surface area contributed by atoms with Gasteiger partial charge in [-0.25, -0.2) is 9.59 Å². The number of hydrogen-bond acceptors (Lipinski definition) is 4. The van der Waals surface area contributed by atoms with Gasteiger partial charge < -0.3 is 14.6 Å². The Balaban J connectivity index is 2.79. The van der Waals surface area contributed by atoms with Gasteiger partial charge in [-0.3, -0.25) is 4.79 Å². The highest BCUT2D eigenvalue weighted by molar-refractivity contribution is 5.93. The largest absolute Gasteiger partial charge is 0.478 e. The van der Waals surface area contributed by atoms with Crippen molar-refractivity contribution in [3.63, 3.8) is 0 Å². The first-order valence-corrected chi connectivity index (χ1v) is 4.53. The topological polar surface area (TPSA) is 105 Å². The van der Waals surface area contributed by atoms with Crippen LogP contribution in [0.3, 0.4) is 0 Å². The van der Waals surface area contributed by atoms with Crippen molar-refractivity contribution in [2.45, 2.75) is 0 Å². The summed E-state index contributed by atoms with van der Waals surface area (Å²) in [6, 6.07) is 4.51. The normalized spacial score (nSPS) is 10.4. The fourth-order valence-corrected chi connectivity index (χ4v) is 1.39. The first kappa shape index (κ1) is 10.9. The van der Waals surface area contributed by atoms with Crippen molar-refractivity contribution in [1.82, 2.24) is 0 Å². The number of carbonyl (C=O) groups is 2. The molecule has 0 unspecified atom stereocenters. The summed E-state index contributed by atoms with van der Waals surface area (Å²) in [5.74, 6) is -3.09. The molecule has 86 valence electrons. The molecular formula is C11H6O6. The predicted octanol–water partition coefficient (Wildman–Crippen LogP) is 1.19. The van der Waals surface area contributed by atoms with Crippen LogP contribution in [-0.4, -0.2) is 22.2 Å². The maximum atomic E-state index is 11.5. The van der Waals surface area contributed by atoms with Crippen LogP contribution in [0, 0.1) is 0 Å². The third kappa shape index (κ3) is 1.87. The van der Waals surface area contributed by atoms with Gasteiger partial charge in [0.15, 0.2) is 5.43 Å². The Morgan fingerprint density at radius 3 is 2.35 bits per heavy atom. The molecule has 0 aliphatic carbocycles. The predicted molar refractivity (Wildman–Crippen MR) is 56.4 cm³/mol. The number of rotatable bonds is 2. The second-order valence-corrected chi connectivity index (χ2v) is 3.30. The molecule has 6 nitrogen and oxygen atoms in total. The van der Waals surface area contributed by atoms with Gasteiger partial charge in [-0.1, -0.05) is 0 Å². The highest BCUT2D eigenvalue weighted by Crippen LogP contribution is 2.14. The molecule has 2 N–H and O–H groups in total. The van der Waals surface area contributed by atoms with Crippen LogP contribution < -0.4 is 5.43 Å². The molecule has 0 saturated carbocycles. The molecule has 0 aliphatic heterocycles. The number of carboxylic acids is 2. The molecule has 0 amide bonds. The summed E-state index contributed by atoms with van der Waals surface area (Å²) in [5.41, 5.74) is -0.668. The van der Waals surface area contributed by atoms with Crippen LogP contribution in [0.25, 0.3) is 11.0 Å². The molecule has 0 spiro atoms. The van der Waals surface area contributed by atoms with Crippen molar-refractivity contribution < 1.29 is 24.2 Å². The Labute approximate surface area is 93.7 Å². The highest BCUT2D eigenvalue weighted by Gasteiger charge is 2.12. The molecule has 2 rings (SSSR count). The van der Waals surface area contributed by atoms with Crippen molar-refractivity contribution in [1.29, 1.82) is 0 Å². The molecule has 0 aliphatic rings. The van der Waals surface area contributed by atoms with Gasteiger partial charge in [-0.2, -0.15) is 0 Å². The summed E-state index contributed by atoms with van der Waals surface area (Å²) in [7, 11) is 0. The summed E-state index contributed by atoms with van der Waals surface area (Å²) in [4.78, 5) is 32.9. The standard InChI is InChI=1S/C11H6O6/c12-7-4-9(11(15)16)17-8-3-5(10(13)14)1-2-6(7)8/h1-4H,(H,13,14)(H,15,16). The number of carboxylic acid groups (broad SMARTS) is 2. The van der Waals surface area contributed by atoms with Gasteiger partial charge in [0.1, 0.15) is 5.58 Å². The third-order valence-corrected chi connectivity index (χ3v) is 2.19. The average Bonchev–Trinajstić information content (AvgIpc) is 2.27. The zero-order chi connectivity index (χ0) is 12.6. The molecule has 2 aromatic rings. The zero-order valence-corrected chi connectivity index (χ0v) is 8.34. The maximum Gasteiger partial charge on any atom is 0.371 e. The van der Waals surface area contributed by atoms with Crippen molar-refractivity contribution in [3.05, 3.63) is 45.8 Å². The molecule has 0 radical (unpaired) electrons. The van der Waals surface area contributed by atoms with Gasteiger partial charge in [0.05, 0.1) is 10.9 Å². The molecule has 1 aromatic heterocycles. The number of hydrogen-bond donors (Lipinski definition) is 2. The second-order valence-electron chi connectivity index (χ2n) is 3.30. The Kier molecular flexibility index (Phi) is 2.40. The van der Waals surface area contributed by atoms with Gasteiger partial charge in [0, 0.05) is 6.07 Å². The van der Waals surface area contributed by atoms with Crippen LogP contribution >= 0.6 is 0 Å². The molecule has 1 heterocycles. The maximum absolute atomic E-state index is 11.5. The fraction of sp³-hybridized carbons (Fsp3) is 0. The van der Waals surface area contributed by atoms with E-state index in [1.54, 1.807) is 0 Å². The van der Waals surface area contributed by atoms with E-state index in [2.05, 4.69) is 0 Å². The van der Waals surface area contributed by atoms with E-state index >= 15 is 0 Å². The fourth-order valence-electron chi connectivity index (χ4n) is 1.39. The van der Waals surface area contributed by atoms with Gasteiger partial charge in [0.2, 0.25) is 5.76 Å². The van der Waals surface area contributed by atoms with Gasteiger partial charge in [-0.15, -0.1) is 0 Å². The van der Waals surface area contributed by atoms with E-state index in [-0.39, 0.29) is 16.5 Å². The molecule has 0 fully saturated rings. The van der Waals surface area contributed by atoms with Crippen LogP contribution in [0.2, 0.25) is 0 Å². The Morgan fingerprint density at radius 2 is 1.76 bits per heavy atom.